The van der Waals surface area contributed by atoms with Gasteiger partial charge in [0.2, 0.25) is 0 Å². The van der Waals surface area contributed by atoms with Gasteiger partial charge < -0.3 is 10.1 Å². The molecule has 0 heterocycles. The molecule has 0 aromatic heterocycles. The molecule has 0 saturated heterocycles. The van der Waals surface area contributed by atoms with Gasteiger partial charge in [-0.15, -0.1) is 0 Å². The van der Waals surface area contributed by atoms with Gasteiger partial charge in [-0.25, -0.2) is 0 Å². The van der Waals surface area contributed by atoms with Crippen LogP contribution in [0.3, 0.4) is 0 Å². The number of non-ortho nitro benzene ring substituents is 1. The van der Waals surface area contributed by atoms with Crippen molar-refractivity contribution in [3.8, 4) is 5.75 Å². The highest BCUT2D eigenvalue weighted by Gasteiger charge is 2.18. The molecule has 0 aliphatic heterocycles. The van der Waals surface area contributed by atoms with E-state index >= 15 is 0 Å². The number of ether oxygens (including phenoxy) is 1. The van der Waals surface area contributed by atoms with Gasteiger partial charge in [-0.3, -0.25) is 14.9 Å². The lowest BCUT2D eigenvalue weighted by Crippen LogP contribution is -2.28. The molecule has 2 aromatic rings. The molecule has 1 atom stereocenters. The Labute approximate surface area is 144 Å². The summed E-state index contributed by atoms with van der Waals surface area (Å²) in [5, 5.41) is 13.7. The monoisotopic (exact) mass is 348 g/mol. The maximum absolute atomic E-state index is 12.4. The molecule has 0 aliphatic carbocycles. The molecule has 0 bridgehead atoms. The number of methoxy groups -OCH3 is 1. The van der Waals surface area contributed by atoms with Crippen molar-refractivity contribution in [2.75, 3.05) is 7.11 Å². The predicted octanol–water partition coefficient (Wildman–Crippen LogP) is 4.14. The van der Waals surface area contributed by atoms with Gasteiger partial charge in [0.15, 0.2) is 0 Å². The maximum atomic E-state index is 12.4. The lowest BCUT2D eigenvalue weighted by Gasteiger charge is -2.18. The minimum absolute atomic E-state index is 0.0475. The number of carbonyl (C=O) groups excluding carboxylic acids is 1. The molecule has 0 saturated carbocycles. The maximum Gasteiger partial charge on any atom is 0.270 e. The average molecular weight is 349 g/mol. The van der Waals surface area contributed by atoms with Crippen LogP contribution in [0, 0.1) is 10.1 Å². The molecule has 2 aromatic carbocycles. The van der Waals surface area contributed by atoms with E-state index in [-0.39, 0.29) is 28.2 Å². The van der Waals surface area contributed by atoms with Crippen LogP contribution in [0.1, 0.15) is 35.3 Å². The number of rotatable bonds is 6. The summed E-state index contributed by atoms with van der Waals surface area (Å²) in [7, 11) is 1.59. The van der Waals surface area contributed by atoms with Crippen molar-refractivity contribution in [2.24, 2.45) is 0 Å². The van der Waals surface area contributed by atoms with E-state index in [0.717, 1.165) is 11.3 Å². The van der Waals surface area contributed by atoms with Crippen molar-refractivity contribution in [2.45, 2.75) is 19.4 Å². The van der Waals surface area contributed by atoms with Gasteiger partial charge in [-0.2, -0.15) is 0 Å². The molecular formula is C17H17ClN2O4. The van der Waals surface area contributed by atoms with E-state index in [9.17, 15) is 14.9 Å². The highest BCUT2D eigenvalue weighted by atomic mass is 35.5. The number of amides is 1. The van der Waals surface area contributed by atoms with Crippen LogP contribution in [-0.2, 0) is 0 Å². The second kappa shape index (κ2) is 7.79. The fourth-order valence-electron chi connectivity index (χ4n) is 2.30. The lowest BCUT2D eigenvalue weighted by atomic mass is 10.0. The minimum Gasteiger partial charge on any atom is -0.497 e. The summed E-state index contributed by atoms with van der Waals surface area (Å²) >= 11 is 6.00. The summed E-state index contributed by atoms with van der Waals surface area (Å²) in [6.07, 6.45) is 0.683. The lowest BCUT2D eigenvalue weighted by molar-refractivity contribution is -0.384. The van der Waals surface area contributed by atoms with E-state index in [0.29, 0.717) is 6.42 Å². The van der Waals surface area contributed by atoms with Gasteiger partial charge in [0.25, 0.3) is 11.6 Å². The zero-order valence-electron chi connectivity index (χ0n) is 13.3. The van der Waals surface area contributed by atoms with E-state index in [4.69, 9.17) is 16.3 Å². The van der Waals surface area contributed by atoms with E-state index in [2.05, 4.69) is 5.32 Å². The number of halogens is 1. The van der Waals surface area contributed by atoms with Crippen molar-refractivity contribution < 1.29 is 14.5 Å². The van der Waals surface area contributed by atoms with Gasteiger partial charge >= 0.3 is 0 Å². The molecule has 0 radical (unpaired) electrons. The average Bonchev–Trinajstić information content (AvgIpc) is 2.59. The van der Waals surface area contributed by atoms with Crippen LogP contribution in [0.2, 0.25) is 5.02 Å². The first-order valence-corrected chi connectivity index (χ1v) is 7.72. The summed E-state index contributed by atoms with van der Waals surface area (Å²) in [5.74, 6) is 0.357. The van der Waals surface area contributed by atoms with Gasteiger partial charge in [-0.05, 0) is 30.2 Å². The highest BCUT2D eigenvalue weighted by Crippen LogP contribution is 2.25. The number of nitro groups is 1. The van der Waals surface area contributed by atoms with Gasteiger partial charge in [0.05, 0.1) is 28.7 Å². The first kappa shape index (κ1) is 17.7. The van der Waals surface area contributed by atoms with Crippen LogP contribution in [0.5, 0.6) is 5.75 Å². The number of hydrogen-bond donors (Lipinski definition) is 1. The van der Waals surface area contributed by atoms with Gasteiger partial charge in [0.1, 0.15) is 5.75 Å². The zero-order valence-corrected chi connectivity index (χ0v) is 14.0. The molecule has 1 N–H and O–H groups in total. The fourth-order valence-corrected chi connectivity index (χ4v) is 2.56. The Bertz CT molecular complexity index is 747. The normalized spacial score (nSPS) is 11.6. The summed E-state index contributed by atoms with van der Waals surface area (Å²) in [5.41, 5.74) is 0.984. The predicted molar refractivity (Wildman–Crippen MR) is 91.6 cm³/mol. The van der Waals surface area contributed by atoms with Gasteiger partial charge in [-0.1, -0.05) is 30.7 Å². The second-order valence-corrected chi connectivity index (χ2v) is 5.54. The Morgan fingerprint density at radius 3 is 2.46 bits per heavy atom. The van der Waals surface area contributed by atoms with E-state index in [1.165, 1.54) is 18.2 Å². The Morgan fingerprint density at radius 1 is 1.29 bits per heavy atom. The Morgan fingerprint density at radius 2 is 1.96 bits per heavy atom. The Balaban J connectivity index is 2.18. The quantitative estimate of drug-likeness (QED) is 0.628. The van der Waals surface area contributed by atoms with Crippen LogP contribution >= 0.6 is 11.6 Å². The molecule has 0 spiro atoms. The number of nitrogens with zero attached hydrogens (tertiary/aromatic N) is 1. The standard InChI is InChI=1S/C17H17ClN2O4/c1-3-16(11-4-7-13(24-2)8-5-11)19-17(21)14-9-6-12(20(22)23)10-15(14)18/h4-10,16H,3H2,1-2H3,(H,19,21). The van der Waals surface area contributed by atoms with Crippen molar-refractivity contribution >= 4 is 23.2 Å². The van der Waals surface area contributed by atoms with Crippen LogP contribution in [0.25, 0.3) is 0 Å². The first-order chi connectivity index (χ1) is 11.5. The molecular weight excluding hydrogens is 332 g/mol. The van der Waals surface area contributed by atoms with Crippen LogP contribution < -0.4 is 10.1 Å². The molecule has 1 unspecified atom stereocenters. The summed E-state index contributed by atoms with van der Waals surface area (Å²) < 4.78 is 5.12. The Kier molecular flexibility index (Phi) is 5.76. The van der Waals surface area contributed by atoms with E-state index in [1.807, 2.05) is 31.2 Å². The van der Waals surface area contributed by atoms with Crippen molar-refractivity contribution in [1.82, 2.24) is 5.32 Å². The summed E-state index contributed by atoms with van der Waals surface area (Å²) in [6, 6.07) is 11.0. The number of hydrogen-bond acceptors (Lipinski definition) is 4. The third kappa shape index (κ3) is 4.02. The molecule has 0 fully saturated rings. The Hall–Kier alpha value is -2.60. The molecule has 6 nitrogen and oxygen atoms in total. The molecule has 24 heavy (non-hydrogen) atoms. The number of benzene rings is 2. The molecule has 1 amide bonds. The number of nitro benzene ring substituents is 1. The zero-order chi connectivity index (χ0) is 17.7. The molecule has 7 heteroatoms. The molecule has 2 rings (SSSR count). The summed E-state index contributed by atoms with van der Waals surface area (Å²) in [6.45, 7) is 1.95. The summed E-state index contributed by atoms with van der Waals surface area (Å²) in [4.78, 5) is 22.6. The largest absolute Gasteiger partial charge is 0.497 e. The topological polar surface area (TPSA) is 81.5 Å². The second-order valence-electron chi connectivity index (χ2n) is 5.13. The first-order valence-electron chi connectivity index (χ1n) is 7.35. The van der Waals surface area contributed by atoms with Crippen LogP contribution in [-0.4, -0.2) is 17.9 Å². The van der Waals surface area contributed by atoms with Crippen molar-refractivity contribution in [1.29, 1.82) is 0 Å². The SMILES string of the molecule is CCC(NC(=O)c1ccc([N+](=O)[O-])cc1Cl)c1ccc(OC)cc1. The number of nitrogens with one attached hydrogen (secondary N) is 1. The third-order valence-electron chi connectivity index (χ3n) is 3.64. The fraction of sp³-hybridized carbons (Fsp3) is 0.235. The van der Waals surface area contributed by atoms with E-state index < -0.39 is 4.92 Å². The highest BCUT2D eigenvalue weighted by molar-refractivity contribution is 6.34. The van der Waals surface area contributed by atoms with Crippen LogP contribution in [0.4, 0.5) is 5.69 Å². The van der Waals surface area contributed by atoms with Crippen LogP contribution in [0.15, 0.2) is 42.5 Å². The minimum atomic E-state index is -0.556. The van der Waals surface area contributed by atoms with Crippen molar-refractivity contribution in [3.63, 3.8) is 0 Å². The van der Waals surface area contributed by atoms with E-state index in [1.54, 1.807) is 7.11 Å². The van der Waals surface area contributed by atoms with Crippen molar-refractivity contribution in [3.05, 3.63) is 68.7 Å². The molecule has 0 aliphatic rings. The molecule has 126 valence electrons. The van der Waals surface area contributed by atoms with Gasteiger partial charge in [0, 0.05) is 12.1 Å². The number of carbonyl (C=O) groups is 1. The smallest absolute Gasteiger partial charge is 0.270 e. The third-order valence-corrected chi connectivity index (χ3v) is 3.95.